The van der Waals surface area contributed by atoms with E-state index in [1.54, 1.807) is 25.1 Å². The molecular formula is C14H15N3O4S. The second-order valence-corrected chi connectivity index (χ2v) is 6.35. The van der Waals surface area contributed by atoms with Gasteiger partial charge < -0.3 is 10.3 Å². The molecule has 0 aliphatic rings. The number of nitrogens with two attached hydrogens (primary N) is 1. The normalized spacial score (nSPS) is 11.2. The number of aromatic amines is 1. The van der Waals surface area contributed by atoms with Crippen molar-refractivity contribution in [1.29, 1.82) is 0 Å². The maximum atomic E-state index is 12.0. The molecule has 4 N–H and O–H groups in total. The average Bonchev–Trinajstić information content (AvgIpc) is 2.43. The van der Waals surface area contributed by atoms with E-state index in [4.69, 9.17) is 5.14 Å². The van der Waals surface area contributed by atoms with Gasteiger partial charge in [-0.2, -0.15) is 0 Å². The van der Waals surface area contributed by atoms with Gasteiger partial charge in [-0.25, -0.2) is 13.6 Å². The first-order valence-corrected chi connectivity index (χ1v) is 7.91. The van der Waals surface area contributed by atoms with Gasteiger partial charge in [-0.15, -0.1) is 0 Å². The molecule has 0 aliphatic carbocycles. The second kappa shape index (κ2) is 6.12. The molecule has 1 aromatic heterocycles. The quantitative estimate of drug-likeness (QED) is 0.747. The number of pyridine rings is 1. The van der Waals surface area contributed by atoms with Crippen LogP contribution in [0.4, 0.5) is 0 Å². The lowest BCUT2D eigenvalue weighted by atomic mass is 10.2. The van der Waals surface area contributed by atoms with E-state index in [9.17, 15) is 18.0 Å². The maximum Gasteiger partial charge on any atom is 0.251 e. The molecule has 0 saturated carbocycles. The van der Waals surface area contributed by atoms with Gasteiger partial charge in [-0.05, 0) is 30.7 Å². The van der Waals surface area contributed by atoms with Crippen LogP contribution in [0.5, 0.6) is 0 Å². The Morgan fingerprint density at radius 2 is 1.86 bits per heavy atom. The van der Waals surface area contributed by atoms with Crippen molar-refractivity contribution in [2.24, 2.45) is 5.14 Å². The minimum absolute atomic E-state index is 0.00722. The Morgan fingerprint density at radius 3 is 2.41 bits per heavy atom. The number of amides is 1. The fraction of sp³-hybridized carbons (Fsp3) is 0.143. The molecule has 0 aliphatic heterocycles. The molecule has 0 radical (unpaired) electrons. The lowest BCUT2D eigenvalue weighted by Crippen LogP contribution is -2.24. The molecule has 0 saturated heterocycles. The average molecular weight is 321 g/mol. The van der Waals surface area contributed by atoms with Crippen LogP contribution in [-0.4, -0.2) is 19.3 Å². The van der Waals surface area contributed by atoms with Crippen molar-refractivity contribution in [1.82, 2.24) is 10.3 Å². The van der Waals surface area contributed by atoms with Crippen LogP contribution in [0.2, 0.25) is 0 Å². The smallest absolute Gasteiger partial charge is 0.251 e. The van der Waals surface area contributed by atoms with Gasteiger partial charge in [-0.1, -0.05) is 12.1 Å². The lowest BCUT2D eigenvalue weighted by molar-refractivity contribution is 0.0950. The Bertz CT molecular complexity index is 854. The minimum atomic E-state index is -3.73. The first-order chi connectivity index (χ1) is 10.3. The van der Waals surface area contributed by atoms with Gasteiger partial charge in [0.15, 0.2) is 0 Å². The molecule has 1 aromatic carbocycles. The Balaban J connectivity index is 2.06. The van der Waals surface area contributed by atoms with Gasteiger partial charge in [0.05, 0.1) is 4.90 Å². The summed E-state index contributed by atoms with van der Waals surface area (Å²) < 4.78 is 22.3. The summed E-state index contributed by atoms with van der Waals surface area (Å²) >= 11 is 0. The zero-order valence-electron chi connectivity index (χ0n) is 11.8. The SMILES string of the molecule is Cc1cc(C(=O)NCc2ccc(S(N)(=O)=O)cc2)cc(=O)[nH]1. The van der Waals surface area contributed by atoms with Crippen molar-refractivity contribution in [3.05, 3.63) is 63.6 Å². The number of benzene rings is 1. The van der Waals surface area contributed by atoms with Crippen molar-refractivity contribution >= 4 is 15.9 Å². The Kier molecular flexibility index (Phi) is 4.43. The number of nitrogens with one attached hydrogen (secondary N) is 2. The molecule has 2 rings (SSSR count). The number of aryl methyl sites for hydroxylation is 1. The highest BCUT2D eigenvalue weighted by Crippen LogP contribution is 2.08. The Hall–Kier alpha value is -2.45. The highest BCUT2D eigenvalue weighted by Gasteiger charge is 2.09. The summed E-state index contributed by atoms with van der Waals surface area (Å²) in [4.78, 5) is 25.8. The van der Waals surface area contributed by atoms with Crippen LogP contribution in [0.3, 0.4) is 0 Å². The number of hydrogen-bond donors (Lipinski definition) is 3. The van der Waals surface area contributed by atoms with Gasteiger partial charge in [0.1, 0.15) is 0 Å². The third kappa shape index (κ3) is 4.03. The first-order valence-electron chi connectivity index (χ1n) is 6.36. The van der Waals surface area contributed by atoms with Gasteiger partial charge in [0.25, 0.3) is 5.91 Å². The fourth-order valence-corrected chi connectivity index (χ4v) is 2.41. The molecular weight excluding hydrogens is 306 g/mol. The number of aromatic nitrogens is 1. The minimum Gasteiger partial charge on any atom is -0.348 e. The maximum absolute atomic E-state index is 12.0. The molecule has 0 bridgehead atoms. The number of H-pyrrole nitrogens is 1. The predicted octanol–water partition coefficient (Wildman–Crippen LogP) is 0.261. The molecule has 1 amide bonds. The zero-order valence-corrected chi connectivity index (χ0v) is 12.6. The van der Waals surface area contributed by atoms with Crippen molar-refractivity contribution in [2.45, 2.75) is 18.4 Å². The van der Waals surface area contributed by atoms with E-state index in [-0.39, 0.29) is 28.5 Å². The molecule has 0 unspecified atom stereocenters. The number of rotatable bonds is 4. The van der Waals surface area contributed by atoms with E-state index in [2.05, 4.69) is 10.3 Å². The summed E-state index contributed by atoms with van der Waals surface area (Å²) in [7, 11) is -3.73. The van der Waals surface area contributed by atoms with E-state index < -0.39 is 10.0 Å². The van der Waals surface area contributed by atoms with Crippen molar-refractivity contribution in [3.63, 3.8) is 0 Å². The van der Waals surface area contributed by atoms with Gasteiger partial charge >= 0.3 is 0 Å². The van der Waals surface area contributed by atoms with Crippen LogP contribution >= 0.6 is 0 Å². The molecule has 0 spiro atoms. The van der Waals surface area contributed by atoms with Crippen LogP contribution in [0.1, 0.15) is 21.6 Å². The van der Waals surface area contributed by atoms with E-state index >= 15 is 0 Å². The highest BCUT2D eigenvalue weighted by molar-refractivity contribution is 7.89. The number of sulfonamides is 1. The van der Waals surface area contributed by atoms with Crippen molar-refractivity contribution < 1.29 is 13.2 Å². The summed E-state index contributed by atoms with van der Waals surface area (Å²) in [6, 6.07) is 8.64. The van der Waals surface area contributed by atoms with Crippen LogP contribution in [0.25, 0.3) is 0 Å². The summed E-state index contributed by atoms with van der Waals surface area (Å²) in [6.45, 7) is 1.89. The summed E-state index contributed by atoms with van der Waals surface area (Å²) in [6.07, 6.45) is 0. The standard InChI is InChI=1S/C14H15N3O4S/c1-9-6-11(7-13(18)17-9)14(19)16-8-10-2-4-12(5-3-10)22(15,20)21/h2-7H,8H2,1H3,(H,16,19)(H,17,18)(H2,15,20,21). The van der Waals surface area contributed by atoms with Crippen molar-refractivity contribution in [2.75, 3.05) is 0 Å². The number of primary sulfonamides is 1. The molecule has 22 heavy (non-hydrogen) atoms. The Morgan fingerprint density at radius 1 is 1.23 bits per heavy atom. The van der Waals surface area contributed by atoms with Crippen LogP contribution in [-0.2, 0) is 16.6 Å². The number of hydrogen-bond acceptors (Lipinski definition) is 4. The summed E-state index contributed by atoms with van der Waals surface area (Å²) in [5, 5.41) is 7.66. The molecule has 2 aromatic rings. The van der Waals surface area contributed by atoms with E-state index in [1.807, 2.05) is 0 Å². The van der Waals surface area contributed by atoms with Crippen molar-refractivity contribution in [3.8, 4) is 0 Å². The number of carbonyl (C=O) groups excluding carboxylic acids is 1. The first kappa shape index (κ1) is 15.9. The third-order valence-electron chi connectivity index (χ3n) is 2.95. The highest BCUT2D eigenvalue weighted by atomic mass is 32.2. The zero-order chi connectivity index (χ0) is 16.3. The number of carbonyl (C=O) groups is 1. The van der Waals surface area contributed by atoms with Crippen LogP contribution in [0, 0.1) is 6.92 Å². The predicted molar refractivity (Wildman–Crippen MR) is 80.8 cm³/mol. The van der Waals surface area contributed by atoms with Gasteiger partial charge in [0.2, 0.25) is 15.6 Å². The summed E-state index contributed by atoms with van der Waals surface area (Å²) in [5.41, 5.74) is 1.22. The molecule has 1 heterocycles. The third-order valence-corrected chi connectivity index (χ3v) is 3.88. The van der Waals surface area contributed by atoms with Crippen LogP contribution < -0.4 is 16.0 Å². The molecule has 8 heteroatoms. The largest absolute Gasteiger partial charge is 0.348 e. The lowest BCUT2D eigenvalue weighted by Gasteiger charge is -2.06. The summed E-state index contributed by atoms with van der Waals surface area (Å²) in [5.74, 6) is -0.385. The molecule has 7 nitrogen and oxygen atoms in total. The fourth-order valence-electron chi connectivity index (χ4n) is 1.90. The van der Waals surface area contributed by atoms with E-state index in [0.29, 0.717) is 11.3 Å². The van der Waals surface area contributed by atoms with Gasteiger partial charge in [0, 0.05) is 23.9 Å². The monoisotopic (exact) mass is 321 g/mol. The molecule has 116 valence electrons. The molecule has 0 fully saturated rings. The molecule has 0 atom stereocenters. The Labute approximate surface area is 127 Å². The van der Waals surface area contributed by atoms with E-state index in [1.165, 1.54) is 18.2 Å². The second-order valence-electron chi connectivity index (χ2n) is 4.79. The topological polar surface area (TPSA) is 122 Å². The van der Waals surface area contributed by atoms with E-state index in [0.717, 1.165) is 0 Å². The van der Waals surface area contributed by atoms with Gasteiger partial charge in [-0.3, -0.25) is 9.59 Å². The van der Waals surface area contributed by atoms with Crippen LogP contribution in [0.15, 0.2) is 46.1 Å².